The van der Waals surface area contributed by atoms with Crippen LogP contribution in [0.25, 0.3) is 0 Å². The van der Waals surface area contributed by atoms with Gasteiger partial charge in [0.05, 0.1) is 4.92 Å². The summed E-state index contributed by atoms with van der Waals surface area (Å²) in [5, 5.41) is 20.1. The Kier molecular flexibility index (Phi) is 5.51. The van der Waals surface area contributed by atoms with Gasteiger partial charge in [0.15, 0.2) is 12.4 Å². The van der Waals surface area contributed by atoms with Gasteiger partial charge in [0, 0.05) is 11.6 Å². The summed E-state index contributed by atoms with van der Waals surface area (Å²) in [7, 11) is 0. The number of hydrogen-bond donors (Lipinski definition) is 3. The van der Waals surface area contributed by atoms with Gasteiger partial charge in [0.25, 0.3) is 11.8 Å². The van der Waals surface area contributed by atoms with E-state index in [2.05, 4.69) is 10.9 Å². The van der Waals surface area contributed by atoms with E-state index < -0.39 is 28.2 Å². The van der Waals surface area contributed by atoms with E-state index in [4.69, 9.17) is 4.74 Å². The molecule has 0 aromatic heterocycles. The van der Waals surface area contributed by atoms with E-state index >= 15 is 0 Å². The molecule has 25 heavy (non-hydrogen) atoms. The second-order valence-corrected chi connectivity index (χ2v) is 5.07. The fourth-order valence-corrected chi connectivity index (χ4v) is 1.91. The molecule has 2 aromatic carbocycles. The van der Waals surface area contributed by atoms with Crippen LogP contribution in [-0.2, 0) is 4.79 Å². The largest absolute Gasteiger partial charge is 0.502 e. The molecule has 0 heterocycles. The lowest BCUT2D eigenvalue weighted by Crippen LogP contribution is -2.43. The number of carbonyl (C=O) groups excluding carboxylic acids is 2. The molecule has 130 valence electrons. The third kappa shape index (κ3) is 4.93. The van der Waals surface area contributed by atoms with E-state index in [1.165, 1.54) is 0 Å². The van der Waals surface area contributed by atoms with Gasteiger partial charge in [0.2, 0.25) is 0 Å². The van der Waals surface area contributed by atoms with Crippen LogP contribution in [0.5, 0.6) is 11.5 Å². The van der Waals surface area contributed by atoms with Gasteiger partial charge < -0.3 is 9.84 Å². The number of hydrogen-bond acceptors (Lipinski definition) is 6. The average molecular weight is 345 g/mol. The summed E-state index contributed by atoms with van der Waals surface area (Å²) in [5.41, 5.74) is 4.67. The molecule has 2 aromatic rings. The van der Waals surface area contributed by atoms with Gasteiger partial charge in [0.1, 0.15) is 5.75 Å². The second kappa shape index (κ2) is 7.77. The highest BCUT2D eigenvalue weighted by Crippen LogP contribution is 2.26. The number of benzene rings is 2. The van der Waals surface area contributed by atoms with E-state index in [0.717, 1.165) is 23.8 Å². The van der Waals surface area contributed by atoms with Crippen molar-refractivity contribution in [2.45, 2.75) is 6.92 Å². The van der Waals surface area contributed by atoms with Crippen molar-refractivity contribution in [1.29, 1.82) is 0 Å². The number of aryl methyl sites for hydroxylation is 1. The Morgan fingerprint density at radius 3 is 2.60 bits per heavy atom. The first-order chi connectivity index (χ1) is 11.9. The summed E-state index contributed by atoms with van der Waals surface area (Å²) in [5.74, 6) is -1.47. The van der Waals surface area contributed by atoms with Crippen LogP contribution in [-0.4, -0.2) is 28.5 Å². The Bertz CT molecular complexity index is 821. The Morgan fingerprint density at radius 1 is 1.20 bits per heavy atom. The van der Waals surface area contributed by atoms with Crippen molar-refractivity contribution in [3.63, 3.8) is 0 Å². The minimum Gasteiger partial charge on any atom is -0.502 e. The first-order valence-corrected chi connectivity index (χ1v) is 7.13. The number of nitro groups is 1. The summed E-state index contributed by atoms with van der Waals surface area (Å²) in [6.07, 6.45) is 0. The number of nitrogens with zero attached hydrogens (tertiary/aromatic N) is 1. The molecule has 9 nitrogen and oxygen atoms in total. The van der Waals surface area contributed by atoms with Crippen LogP contribution < -0.4 is 15.6 Å². The standard InChI is InChI=1S/C16H15N3O6/c1-10-3-2-4-12(7-10)25-9-15(21)17-18-16(22)11-5-6-13(19(23)24)14(20)8-11/h2-8,20H,9H2,1H3,(H,17,21)(H,18,22). The maximum absolute atomic E-state index is 11.9. The maximum atomic E-state index is 11.9. The van der Waals surface area contributed by atoms with Crippen molar-refractivity contribution in [3.8, 4) is 11.5 Å². The van der Waals surface area contributed by atoms with Gasteiger partial charge in [-0.05, 0) is 36.8 Å². The number of phenols is 1. The summed E-state index contributed by atoms with van der Waals surface area (Å²) in [6, 6.07) is 10.2. The molecule has 0 atom stereocenters. The number of phenolic OH excluding ortho intramolecular Hbond substituents is 1. The third-order valence-corrected chi connectivity index (χ3v) is 3.11. The Balaban J connectivity index is 1.86. The topological polar surface area (TPSA) is 131 Å². The predicted octanol–water partition coefficient (Wildman–Crippen LogP) is 1.45. The van der Waals surface area contributed by atoms with Crippen LogP contribution in [0.2, 0.25) is 0 Å². The normalized spacial score (nSPS) is 9.96. The Morgan fingerprint density at radius 2 is 1.96 bits per heavy atom. The van der Waals surface area contributed by atoms with Gasteiger partial charge in [-0.1, -0.05) is 12.1 Å². The minimum atomic E-state index is -0.776. The smallest absolute Gasteiger partial charge is 0.310 e. The van der Waals surface area contributed by atoms with Crippen molar-refractivity contribution in [2.75, 3.05) is 6.61 Å². The molecule has 2 rings (SSSR count). The van der Waals surface area contributed by atoms with Gasteiger partial charge in [-0.15, -0.1) is 0 Å². The zero-order valence-corrected chi connectivity index (χ0v) is 13.2. The molecular weight excluding hydrogens is 330 g/mol. The maximum Gasteiger partial charge on any atom is 0.310 e. The zero-order chi connectivity index (χ0) is 18.4. The molecule has 0 saturated heterocycles. The molecule has 0 bridgehead atoms. The van der Waals surface area contributed by atoms with Crippen LogP contribution in [0.15, 0.2) is 42.5 Å². The molecular formula is C16H15N3O6. The average Bonchev–Trinajstić information content (AvgIpc) is 2.57. The third-order valence-electron chi connectivity index (χ3n) is 3.11. The van der Waals surface area contributed by atoms with Crippen LogP contribution in [0, 0.1) is 17.0 Å². The SMILES string of the molecule is Cc1cccc(OCC(=O)NNC(=O)c2ccc([N+](=O)[O-])c(O)c2)c1. The molecule has 0 aliphatic heterocycles. The molecule has 3 N–H and O–H groups in total. The van der Waals surface area contributed by atoms with Gasteiger partial charge in [-0.3, -0.25) is 30.6 Å². The van der Waals surface area contributed by atoms with Crippen molar-refractivity contribution >= 4 is 17.5 Å². The number of rotatable bonds is 5. The van der Waals surface area contributed by atoms with Gasteiger partial charge >= 0.3 is 5.69 Å². The Labute approximate surface area is 142 Å². The van der Waals surface area contributed by atoms with E-state index in [-0.39, 0.29) is 12.2 Å². The number of nitro benzene ring substituents is 1. The first kappa shape index (κ1) is 17.7. The van der Waals surface area contributed by atoms with E-state index in [0.29, 0.717) is 5.75 Å². The molecule has 0 unspecified atom stereocenters. The van der Waals surface area contributed by atoms with Crippen LogP contribution >= 0.6 is 0 Å². The molecule has 0 fully saturated rings. The number of nitrogens with one attached hydrogen (secondary N) is 2. The first-order valence-electron chi connectivity index (χ1n) is 7.13. The number of ether oxygens (including phenoxy) is 1. The molecule has 0 aliphatic carbocycles. The summed E-state index contributed by atoms with van der Waals surface area (Å²) >= 11 is 0. The van der Waals surface area contributed by atoms with Crippen molar-refractivity contribution in [1.82, 2.24) is 10.9 Å². The summed E-state index contributed by atoms with van der Waals surface area (Å²) in [4.78, 5) is 33.3. The summed E-state index contributed by atoms with van der Waals surface area (Å²) < 4.78 is 5.27. The van der Waals surface area contributed by atoms with E-state index in [1.807, 2.05) is 13.0 Å². The highest BCUT2D eigenvalue weighted by atomic mass is 16.6. The van der Waals surface area contributed by atoms with Crippen molar-refractivity contribution in [2.24, 2.45) is 0 Å². The van der Waals surface area contributed by atoms with Gasteiger partial charge in [-0.2, -0.15) is 0 Å². The van der Waals surface area contributed by atoms with Crippen LogP contribution in [0.1, 0.15) is 15.9 Å². The number of carbonyl (C=O) groups is 2. The molecule has 0 spiro atoms. The lowest BCUT2D eigenvalue weighted by Gasteiger charge is -2.09. The van der Waals surface area contributed by atoms with Gasteiger partial charge in [-0.25, -0.2) is 0 Å². The molecule has 0 saturated carbocycles. The molecule has 0 aliphatic rings. The quantitative estimate of drug-likeness (QED) is 0.555. The number of hydrazine groups is 1. The fourth-order valence-electron chi connectivity index (χ4n) is 1.91. The van der Waals surface area contributed by atoms with Crippen molar-refractivity contribution < 1.29 is 24.4 Å². The van der Waals surface area contributed by atoms with E-state index in [1.54, 1.807) is 18.2 Å². The zero-order valence-electron chi connectivity index (χ0n) is 13.2. The van der Waals surface area contributed by atoms with Crippen LogP contribution in [0.3, 0.4) is 0 Å². The number of amides is 2. The number of aromatic hydroxyl groups is 1. The van der Waals surface area contributed by atoms with Crippen molar-refractivity contribution in [3.05, 3.63) is 63.7 Å². The van der Waals surface area contributed by atoms with Crippen LogP contribution in [0.4, 0.5) is 5.69 Å². The highest BCUT2D eigenvalue weighted by Gasteiger charge is 2.16. The minimum absolute atomic E-state index is 0.0528. The Hall–Kier alpha value is -3.62. The highest BCUT2D eigenvalue weighted by molar-refractivity contribution is 5.96. The molecule has 0 radical (unpaired) electrons. The predicted molar refractivity (Wildman–Crippen MR) is 87.0 cm³/mol. The molecule has 9 heteroatoms. The monoisotopic (exact) mass is 345 g/mol. The second-order valence-electron chi connectivity index (χ2n) is 5.07. The summed E-state index contributed by atoms with van der Waals surface area (Å²) in [6.45, 7) is 1.57. The van der Waals surface area contributed by atoms with E-state index in [9.17, 15) is 24.8 Å². The lowest BCUT2D eigenvalue weighted by atomic mass is 10.2. The lowest BCUT2D eigenvalue weighted by molar-refractivity contribution is -0.385. The fraction of sp³-hybridized carbons (Fsp3) is 0.125. The molecule has 2 amide bonds.